The number of methoxy groups -OCH3 is 2. The van der Waals surface area contributed by atoms with Crippen LogP contribution in [0.2, 0.25) is 0 Å². The monoisotopic (exact) mass is 441 g/mol. The smallest absolute Gasteiger partial charge is 0.251 e. The molecule has 166 valence electrons. The second-order valence-corrected chi connectivity index (χ2v) is 7.11. The highest BCUT2D eigenvalue weighted by Gasteiger charge is 2.10. The number of hydrogen-bond donors (Lipinski definition) is 1. The zero-order chi connectivity index (χ0) is 23.0. The average Bonchev–Trinajstić information content (AvgIpc) is 2.87. The molecular formula is C26H23N3O4. The third kappa shape index (κ3) is 5.65. The van der Waals surface area contributed by atoms with Crippen LogP contribution < -0.4 is 19.5 Å². The van der Waals surface area contributed by atoms with E-state index in [2.05, 4.69) is 15.3 Å². The molecule has 1 amide bonds. The van der Waals surface area contributed by atoms with E-state index in [9.17, 15) is 4.79 Å². The summed E-state index contributed by atoms with van der Waals surface area (Å²) in [7, 11) is 3.21. The molecule has 0 aliphatic rings. The van der Waals surface area contributed by atoms with Gasteiger partial charge in [0.1, 0.15) is 17.2 Å². The van der Waals surface area contributed by atoms with Gasteiger partial charge in [-0.3, -0.25) is 4.79 Å². The van der Waals surface area contributed by atoms with Crippen molar-refractivity contribution in [2.45, 2.75) is 6.54 Å². The molecule has 0 aliphatic carbocycles. The quantitative estimate of drug-likeness (QED) is 0.420. The van der Waals surface area contributed by atoms with Crippen LogP contribution in [0.5, 0.6) is 23.1 Å². The van der Waals surface area contributed by atoms with E-state index in [1.54, 1.807) is 50.7 Å². The zero-order valence-electron chi connectivity index (χ0n) is 18.3. The van der Waals surface area contributed by atoms with E-state index < -0.39 is 0 Å². The number of nitrogens with one attached hydrogen (secondary N) is 1. The molecule has 0 saturated carbocycles. The van der Waals surface area contributed by atoms with Crippen LogP contribution in [0.4, 0.5) is 0 Å². The summed E-state index contributed by atoms with van der Waals surface area (Å²) >= 11 is 0. The number of benzene rings is 3. The number of ether oxygens (including phenoxy) is 3. The van der Waals surface area contributed by atoms with Gasteiger partial charge in [0.05, 0.1) is 14.2 Å². The van der Waals surface area contributed by atoms with Crippen LogP contribution in [0.25, 0.3) is 11.4 Å². The predicted octanol–water partition coefficient (Wildman–Crippen LogP) is 4.88. The van der Waals surface area contributed by atoms with Crippen LogP contribution in [0.3, 0.4) is 0 Å². The van der Waals surface area contributed by atoms with Gasteiger partial charge in [0, 0.05) is 36.0 Å². The maximum absolute atomic E-state index is 12.7. The number of carbonyl (C=O) groups is 1. The molecule has 7 heteroatoms. The topological polar surface area (TPSA) is 82.6 Å². The average molecular weight is 441 g/mol. The molecule has 0 fully saturated rings. The van der Waals surface area contributed by atoms with Crippen LogP contribution in [-0.4, -0.2) is 30.1 Å². The van der Waals surface area contributed by atoms with E-state index in [1.165, 1.54) is 0 Å². The molecule has 0 unspecified atom stereocenters. The van der Waals surface area contributed by atoms with Gasteiger partial charge in [-0.25, -0.2) is 4.98 Å². The van der Waals surface area contributed by atoms with Crippen molar-refractivity contribution in [3.63, 3.8) is 0 Å². The summed E-state index contributed by atoms with van der Waals surface area (Å²) in [4.78, 5) is 21.5. The van der Waals surface area contributed by atoms with Gasteiger partial charge in [-0.05, 0) is 42.0 Å². The number of rotatable bonds is 8. The first kappa shape index (κ1) is 21.8. The van der Waals surface area contributed by atoms with E-state index in [0.717, 1.165) is 11.3 Å². The highest BCUT2D eigenvalue weighted by molar-refractivity contribution is 5.95. The molecule has 0 spiro atoms. The molecule has 0 atom stereocenters. The van der Waals surface area contributed by atoms with Gasteiger partial charge >= 0.3 is 0 Å². The highest BCUT2D eigenvalue weighted by atomic mass is 16.5. The molecule has 3 aromatic carbocycles. The van der Waals surface area contributed by atoms with Crippen molar-refractivity contribution in [2.75, 3.05) is 14.2 Å². The number of hydrogen-bond acceptors (Lipinski definition) is 6. The largest absolute Gasteiger partial charge is 0.497 e. The Morgan fingerprint density at radius 2 is 1.58 bits per heavy atom. The van der Waals surface area contributed by atoms with Crippen LogP contribution in [0, 0.1) is 0 Å². The van der Waals surface area contributed by atoms with E-state index in [1.807, 2.05) is 48.5 Å². The van der Waals surface area contributed by atoms with Crippen molar-refractivity contribution in [3.8, 4) is 34.5 Å². The maximum Gasteiger partial charge on any atom is 0.251 e. The predicted molar refractivity (Wildman–Crippen MR) is 125 cm³/mol. The summed E-state index contributed by atoms with van der Waals surface area (Å²) in [6, 6.07) is 23.7. The fourth-order valence-corrected chi connectivity index (χ4v) is 3.19. The van der Waals surface area contributed by atoms with Gasteiger partial charge in [-0.15, -0.1) is 0 Å². The minimum Gasteiger partial charge on any atom is -0.497 e. The van der Waals surface area contributed by atoms with Crippen molar-refractivity contribution in [1.82, 2.24) is 15.3 Å². The molecule has 4 aromatic rings. The summed E-state index contributed by atoms with van der Waals surface area (Å²) in [5, 5.41) is 2.93. The summed E-state index contributed by atoms with van der Waals surface area (Å²) in [6.45, 7) is 0.390. The minimum absolute atomic E-state index is 0.191. The van der Waals surface area contributed by atoms with Crippen LogP contribution in [0.15, 0.2) is 85.1 Å². The SMILES string of the molecule is COc1cccc(CNC(=O)c2cccc(-c3nccc(Oc4cccc(OC)c4)n3)c2)c1. The lowest BCUT2D eigenvalue weighted by Crippen LogP contribution is -2.22. The second-order valence-electron chi connectivity index (χ2n) is 7.11. The lowest BCUT2D eigenvalue weighted by molar-refractivity contribution is 0.0951. The summed E-state index contributed by atoms with van der Waals surface area (Å²) in [5.41, 5.74) is 2.17. The summed E-state index contributed by atoms with van der Waals surface area (Å²) < 4.78 is 16.3. The van der Waals surface area contributed by atoms with Crippen molar-refractivity contribution < 1.29 is 19.0 Å². The molecule has 1 aromatic heterocycles. The van der Waals surface area contributed by atoms with Crippen molar-refractivity contribution >= 4 is 5.91 Å². The third-order valence-electron chi connectivity index (χ3n) is 4.86. The zero-order valence-corrected chi connectivity index (χ0v) is 18.3. The minimum atomic E-state index is -0.191. The molecule has 0 saturated heterocycles. The Labute approximate surface area is 192 Å². The Bertz CT molecular complexity index is 1260. The van der Waals surface area contributed by atoms with Gasteiger partial charge in [0.25, 0.3) is 5.91 Å². The number of carbonyl (C=O) groups excluding carboxylic acids is 1. The molecular weight excluding hydrogens is 418 g/mol. The third-order valence-corrected chi connectivity index (χ3v) is 4.86. The normalized spacial score (nSPS) is 10.4. The fourth-order valence-electron chi connectivity index (χ4n) is 3.19. The van der Waals surface area contributed by atoms with E-state index in [4.69, 9.17) is 14.2 Å². The molecule has 1 heterocycles. The first-order chi connectivity index (χ1) is 16.1. The van der Waals surface area contributed by atoms with Gasteiger partial charge in [0.15, 0.2) is 5.82 Å². The van der Waals surface area contributed by atoms with E-state index in [0.29, 0.717) is 40.9 Å². The van der Waals surface area contributed by atoms with Crippen molar-refractivity contribution in [3.05, 3.63) is 96.2 Å². The van der Waals surface area contributed by atoms with E-state index >= 15 is 0 Å². The Hall–Kier alpha value is -4.39. The van der Waals surface area contributed by atoms with Gasteiger partial charge < -0.3 is 19.5 Å². The molecule has 0 radical (unpaired) electrons. The van der Waals surface area contributed by atoms with Crippen molar-refractivity contribution in [2.24, 2.45) is 0 Å². The lowest BCUT2D eigenvalue weighted by Gasteiger charge is -2.09. The van der Waals surface area contributed by atoms with Crippen molar-refractivity contribution in [1.29, 1.82) is 0 Å². The number of aromatic nitrogens is 2. The van der Waals surface area contributed by atoms with Gasteiger partial charge in [0.2, 0.25) is 5.88 Å². The standard InChI is InChI=1S/C26H23N3O4/c1-31-21-9-3-6-18(14-21)17-28-26(30)20-8-4-7-19(15-20)25-27-13-12-24(29-25)33-23-11-5-10-22(16-23)32-2/h3-16H,17H2,1-2H3,(H,28,30). The Morgan fingerprint density at radius 1 is 0.848 bits per heavy atom. The molecule has 0 aliphatic heterocycles. The molecule has 7 nitrogen and oxygen atoms in total. The Balaban J connectivity index is 1.47. The number of amides is 1. The Morgan fingerprint density at radius 3 is 2.39 bits per heavy atom. The highest BCUT2D eigenvalue weighted by Crippen LogP contribution is 2.25. The molecule has 33 heavy (non-hydrogen) atoms. The van der Waals surface area contributed by atoms with Gasteiger partial charge in [-0.1, -0.05) is 30.3 Å². The first-order valence-electron chi connectivity index (χ1n) is 10.3. The van der Waals surface area contributed by atoms with Crippen LogP contribution >= 0.6 is 0 Å². The molecule has 0 bridgehead atoms. The summed E-state index contributed by atoms with van der Waals surface area (Å²) in [5.74, 6) is 2.69. The molecule has 1 N–H and O–H groups in total. The van der Waals surface area contributed by atoms with Gasteiger partial charge in [-0.2, -0.15) is 4.98 Å². The summed E-state index contributed by atoms with van der Waals surface area (Å²) in [6.07, 6.45) is 1.62. The Kier molecular flexibility index (Phi) is 6.80. The maximum atomic E-state index is 12.7. The fraction of sp³-hybridized carbons (Fsp3) is 0.115. The van der Waals surface area contributed by atoms with E-state index in [-0.39, 0.29) is 5.91 Å². The first-order valence-corrected chi connectivity index (χ1v) is 10.3. The second kappa shape index (κ2) is 10.3. The van der Waals surface area contributed by atoms with Crippen LogP contribution in [0.1, 0.15) is 15.9 Å². The lowest BCUT2D eigenvalue weighted by atomic mass is 10.1. The van der Waals surface area contributed by atoms with Crippen LogP contribution in [-0.2, 0) is 6.54 Å². The number of nitrogens with zero attached hydrogens (tertiary/aromatic N) is 2. The molecule has 4 rings (SSSR count).